The second-order valence-corrected chi connectivity index (χ2v) is 6.51. The second kappa shape index (κ2) is 10.3. The van der Waals surface area contributed by atoms with Crippen LogP contribution >= 0.6 is 0 Å². The number of nitriles is 1. The molecule has 1 saturated heterocycles. The summed E-state index contributed by atoms with van der Waals surface area (Å²) < 4.78 is 28.5. The van der Waals surface area contributed by atoms with Gasteiger partial charge in [-0.15, -0.1) is 0 Å². The summed E-state index contributed by atoms with van der Waals surface area (Å²) in [5.74, 6) is 0.748. The van der Waals surface area contributed by atoms with Gasteiger partial charge in [0.15, 0.2) is 6.29 Å². The molecule has 146 valence electrons. The Labute approximate surface area is 166 Å². The SMILES string of the molecule is COB(OC)c1ccccc1COC1CC(Oc2ccc(C#N)cc2)CCO1. The standard InChI is InChI=1S/C21H24BNO5/c1-24-22(25-2)20-6-4-3-5-17(20)15-27-21-13-19(11-12-26-21)28-18-9-7-16(14-23)8-10-18/h3-10,19,21H,11-13,15H2,1-2H3. The van der Waals surface area contributed by atoms with Gasteiger partial charge in [0.05, 0.1) is 24.8 Å². The van der Waals surface area contributed by atoms with Crippen LogP contribution in [0.2, 0.25) is 0 Å². The summed E-state index contributed by atoms with van der Waals surface area (Å²) >= 11 is 0. The summed E-state index contributed by atoms with van der Waals surface area (Å²) in [4.78, 5) is 0. The molecule has 28 heavy (non-hydrogen) atoms. The van der Waals surface area contributed by atoms with Crippen LogP contribution in [0.5, 0.6) is 5.75 Å². The largest absolute Gasteiger partial charge is 0.493 e. The zero-order valence-corrected chi connectivity index (χ0v) is 16.2. The van der Waals surface area contributed by atoms with Crippen molar-refractivity contribution < 1.29 is 23.5 Å². The van der Waals surface area contributed by atoms with Crippen molar-refractivity contribution in [3.63, 3.8) is 0 Å². The van der Waals surface area contributed by atoms with Crippen LogP contribution < -0.4 is 10.2 Å². The third-order valence-corrected chi connectivity index (χ3v) is 4.65. The number of rotatable bonds is 8. The molecule has 0 amide bonds. The molecular weight excluding hydrogens is 357 g/mol. The molecule has 2 unspecified atom stereocenters. The van der Waals surface area contributed by atoms with Gasteiger partial charge in [-0.05, 0) is 35.3 Å². The molecule has 0 aromatic heterocycles. The second-order valence-electron chi connectivity index (χ2n) is 6.51. The Morgan fingerprint density at radius 3 is 2.57 bits per heavy atom. The minimum absolute atomic E-state index is 0.00706. The van der Waals surface area contributed by atoms with E-state index < -0.39 is 7.12 Å². The Kier molecular flexibility index (Phi) is 7.46. The molecular formula is C21H24BNO5. The zero-order chi connectivity index (χ0) is 19.8. The van der Waals surface area contributed by atoms with E-state index in [1.165, 1.54) is 0 Å². The van der Waals surface area contributed by atoms with Crippen molar-refractivity contribution in [3.05, 3.63) is 59.7 Å². The smallest absolute Gasteiger partial charge is 0.490 e. The van der Waals surface area contributed by atoms with Gasteiger partial charge >= 0.3 is 7.12 Å². The molecule has 2 aromatic rings. The van der Waals surface area contributed by atoms with Crippen molar-refractivity contribution in [2.45, 2.75) is 31.8 Å². The summed E-state index contributed by atoms with van der Waals surface area (Å²) in [7, 11) is 2.79. The minimum atomic E-state index is -0.431. The normalized spacial score (nSPS) is 19.0. The Hall–Kier alpha value is -2.37. The lowest BCUT2D eigenvalue weighted by Crippen LogP contribution is -2.38. The maximum absolute atomic E-state index is 8.88. The van der Waals surface area contributed by atoms with E-state index in [2.05, 4.69) is 6.07 Å². The molecule has 0 spiro atoms. The molecule has 2 aromatic carbocycles. The van der Waals surface area contributed by atoms with Crippen LogP contribution in [0.15, 0.2) is 48.5 Å². The Balaban J connectivity index is 1.56. The molecule has 1 fully saturated rings. The highest BCUT2D eigenvalue weighted by atomic mass is 16.7. The molecule has 0 N–H and O–H groups in total. The lowest BCUT2D eigenvalue weighted by molar-refractivity contribution is -0.187. The summed E-state index contributed by atoms with van der Waals surface area (Å²) in [5, 5.41) is 8.88. The molecule has 0 saturated carbocycles. The summed E-state index contributed by atoms with van der Waals surface area (Å²) in [5.41, 5.74) is 2.55. The fraction of sp³-hybridized carbons (Fsp3) is 0.381. The van der Waals surface area contributed by atoms with Crippen LogP contribution in [-0.2, 0) is 25.4 Å². The number of benzene rings is 2. The molecule has 1 aliphatic rings. The van der Waals surface area contributed by atoms with E-state index in [4.69, 9.17) is 28.8 Å². The predicted molar refractivity (Wildman–Crippen MR) is 105 cm³/mol. The molecule has 1 aliphatic heterocycles. The van der Waals surface area contributed by atoms with Gasteiger partial charge in [-0.2, -0.15) is 5.26 Å². The Morgan fingerprint density at radius 1 is 1.11 bits per heavy atom. The highest BCUT2D eigenvalue weighted by Crippen LogP contribution is 2.22. The number of ether oxygens (including phenoxy) is 3. The molecule has 0 radical (unpaired) electrons. The maximum atomic E-state index is 8.88. The molecule has 2 atom stereocenters. The Bertz CT molecular complexity index is 788. The molecule has 3 rings (SSSR count). The van der Waals surface area contributed by atoms with E-state index in [1.54, 1.807) is 26.4 Å². The molecule has 1 heterocycles. The highest BCUT2D eigenvalue weighted by molar-refractivity contribution is 6.61. The lowest BCUT2D eigenvalue weighted by Gasteiger charge is -2.30. The van der Waals surface area contributed by atoms with Gasteiger partial charge in [-0.1, -0.05) is 24.3 Å². The zero-order valence-electron chi connectivity index (χ0n) is 16.2. The van der Waals surface area contributed by atoms with E-state index >= 15 is 0 Å². The first-order valence-electron chi connectivity index (χ1n) is 9.27. The van der Waals surface area contributed by atoms with Gasteiger partial charge in [-0.3, -0.25) is 0 Å². The van der Waals surface area contributed by atoms with Gasteiger partial charge in [-0.25, -0.2) is 0 Å². The van der Waals surface area contributed by atoms with Gasteiger partial charge in [0.1, 0.15) is 11.9 Å². The monoisotopic (exact) mass is 381 g/mol. The van der Waals surface area contributed by atoms with Gasteiger partial charge < -0.3 is 23.5 Å². The molecule has 0 bridgehead atoms. The van der Waals surface area contributed by atoms with Crippen LogP contribution in [0.3, 0.4) is 0 Å². The van der Waals surface area contributed by atoms with Crippen molar-refractivity contribution in [1.82, 2.24) is 0 Å². The van der Waals surface area contributed by atoms with Crippen molar-refractivity contribution in [2.75, 3.05) is 20.8 Å². The summed E-state index contributed by atoms with van der Waals surface area (Å²) in [6.07, 6.45) is 1.10. The Morgan fingerprint density at radius 2 is 1.86 bits per heavy atom. The number of hydrogen-bond donors (Lipinski definition) is 0. The first-order chi connectivity index (χ1) is 13.7. The van der Waals surface area contributed by atoms with Crippen molar-refractivity contribution >= 4 is 12.6 Å². The van der Waals surface area contributed by atoms with E-state index in [0.717, 1.165) is 23.2 Å². The van der Waals surface area contributed by atoms with E-state index in [0.29, 0.717) is 25.2 Å². The average molecular weight is 381 g/mol. The third kappa shape index (κ3) is 5.34. The van der Waals surface area contributed by atoms with Crippen LogP contribution in [0, 0.1) is 11.3 Å². The highest BCUT2D eigenvalue weighted by Gasteiger charge is 2.26. The van der Waals surface area contributed by atoms with Gasteiger partial charge in [0.25, 0.3) is 0 Å². The van der Waals surface area contributed by atoms with Crippen LogP contribution in [0.25, 0.3) is 0 Å². The fourth-order valence-corrected chi connectivity index (χ4v) is 3.18. The van der Waals surface area contributed by atoms with Crippen molar-refractivity contribution in [2.24, 2.45) is 0 Å². The quantitative estimate of drug-likeness (QED) is 0.655. The van der Waals surface area contributed by atoms with Crippen LogP contribution in [0.4, 0.5) is 0 Å². The van der Waals surface area contributed by atoms with Crippen molar-refractivity contribution in [3.8, 4) is 11.8 Å². The van der Waals surface area contributed by atoms with Gasteiger partial charge in [0.2, 0.25) is 0 Å². The first kappa shape index (κ1) is 20.4. The maximum Gasteiger partial charge on any atom is 0.493 e. The number of nitrogens with zero attached hydrogens (tertiary/aromatic N) is 1. The predicted octanol–water partition coefficient (Wildman–Crippen LogP) is 2.65. The topological polar surface area (TPSA) is 69.9 Å². The molecule has 0 aliphatic carbocycles. The molecule has 7 heteroatoms. The van der Waals surface area contributed by atoms with Crippen LogP contribution in [-0.4, -0.2) is 40.3 Å². The van der Waals surface area contributed by atoms with E-state index in [1.807, 2.05) is 36.4 Å². The summed E-state index contributed by atoms with van der Waals surface area (Å²) in [6, 6.07) is 17.1. The van der Waals surface area contributed by atoms with Crippen molar-refractivity contribution in [1.29, 1.82) is 5.26 Å². The first-order valence-corrected chi connectivity index (χ1v) is 9.27. The lowest BCUT2D eigenvalue weighted by atomic mass is 9.76. The van der Waals surface area contributed by atoms with E-state index in [-0.39, 0.29) is 12.4 Å². The van der Waals surface area contributed by atoms with Crippen LogP contribution in [0.1, 0.15) is 24.0 Å². The minimum Gasteiger partial charge on any atom is -0.490 e. The van der Waals surface area contributed by atoms with Gasteiger partial charge in [0, 0.05) is 27.1 Å². The van der Waals surface area contributed by atoms with E-state index in [9.17, 15) is 0 Å². The average Bonchev–Trinajstić information content (AvgIpc) is 2.75. The summed E-state index contributed by atoms with van der Waals surface area (Å²) in [6.45, 7) is 0.972. The molecule has 6 nitrogen and oxygen atoms in total. The number of hydrogen-bond acceptors (Lipinski definition) is 6. The third-order valence-electron chi connectivity index (χ3n) is 4.65. The fourth-order valence-electron chi connectivity index (χ4n) is 3.18.